The lowest BCUT2D eigenvalue weighted by atomic mass is 10.2. The Morgan fingerprint density at radius 2 is 2.23 bits per heavy atom. The third-order valence-corrected chi connectivity index (χ3v) is 3.33. The van der Waals surface area contributed by atoms with E-state index in [0.29, 0.717) is 35.3 Å². The van der Waals surface area contributed by atoms with Crippen LogP contribution in [0.1, 0.15) is 17.0 Å². The molecule has 118 valence electrons. The average Bonchev–Trinajstić information content (AvgIpc) is 2.90. The summed E-state index contributed by atoms with van der Waals surface area (Å²) in [4.78, 5) is 13.6. The van der Waals surface area contributed by atoms with E-state index in [4.69, 9.17) is 20.9 Å². The highest BCUT2D eigenvalue weighted by Gasteiger charge is 2.12. The number of carbonyl (C=O) groups is 1. The molecule has 0 saturated carbocycles. The first-order chi connectivity index (χ1) is 10.5. The number of nitrogens with zero attached hydrogens (tertiary/aromatic N) is 2. The van der Waals surface area contributed by atoms with E-state index in [0.717, 1.165) is 5.56 Å². The van der Waals surface area contributed by atoms with E-state index in [9.17, 15) is 4.79 Å². The molecule has 2 aromatic rings. The van der Waals surface area contributed by atoms with Gasteiger partial charge in [-0.15, -0.1) is 0 Å². The number of nitrogens with one attached hydrogen (secondary N) is 1. The lowest BCUT2D eigenvalue weighted by Gasteiger charge is -2.17. The number of halogens is 1. The molecule has 7 heteroatoms. The molecule has 0 radical (unpaired) electrons. The standard InChI is InChI=1S/C15H18ClN3O3/c1-10-6-13(18-22-10)9-19(2)15(20)17-8-11-7-12(16)4-5-14(11)21-3/h4-7H,8-9H2,1-3H3,(H,17,20). The van der Waals surface area contributed by atoms with Crippen LogP contribution in [-0.2, 0) is 13.1 Å². The number of ether oxygens (including phenoxy) is 1. The predicted octanol–water partition coefficient (Wildman–Crippen LogP) is 2.99. The van der Waals surface area contributed by atoms with Crippen LogP contribution < -0.4 is 10.1 Å². The predicted molar refractivity (Wildman–Crippen MR) is 82.9 cm³/mol. The summed E-state index contributed by atoms with van der Waals surface area (Å²) in [6.07, 6.45) is 0. The average molecular weight is 324 g/mol. The Labute approximate surface area is 134 Å². The molecular weight excluding hydrogens is 306 g/mol. The topological polar surface area (TPSA) is 67.6 Å². The summed E-state index contributed by atoms with van der Waals surface area (Å²) in [5.41, 5.74) is 1.52. The second kappa shape index (κ2) is 7.17. The Kier molecular flexibility index (Phi) is 5.27. The van der Waals surface area contributed by atoms with E-state index in [-0.39, 0.29) is 6.03 Å². The number of aromatic nitrogens is 1. The summed E-state index contributed by atoms with van der Waals surface area (Å²) in [6.45, 7) is 2.50. The van der Waals surface area contributed by atoms with E-state index >= 15 is 0 Å². The molecule has 0 aliphatic heterocycles. The van der Waals surface area contributed by atoms with Crippen LogP contribution in [0.4, 0.5) is 4.79 Å². The summed E-state index contributed by atoms with van der Waals surface area (Å²) in [5.74, 6) is 1.40. The Hall–Kier alpha value is -2.21. The van der Waals surface area contributed by atoms with Crippen LogP contribution in [0, 0.1) is 6.92 Å². The molecule has 0 fully saturated rings. The van der Waals surface area contributed by atoms with Crippen molar-refractivity contribution in [3.8, 4) is 5.75 Å². The van der Waals surface area contributed by atoms with E-state index in [2.05, 4.69) is 10.5 Å². The number of amides is 2. The molecule has 6 nitrogen and oxygen atoms in total. The molecule has 0 atom stereocenters. The molecule has 0 aliphatic carbocycles. The Morgan fingerprint density at radius 3 is 2.86 bits per heavy atom. The van der Waals surface area contributed by atoms with Gasteiger partial charge in [-0.25, -0.2) is 4.79 Å². The summed E-state index contributed by atoms with van der Waals surface area (Å²) in [5, 5.41) is 7.27. The number of hydrogen-bond donors (Lipinski definition) is 1. The molecule has 1 aromatic heterocycles. The van der Waals surface area contributed by atoms with E-state index in [1.165, 1.54) is 4.90 Å². The highest BCUT2D eigenvalue weighted by atomic mass is 35.5. The second-order valence-electron chi connectivity index (χ2n) is 4.90. The fourth-order valence-corrected chi connectivity index (χ4v) is 2.19. The fraction of sp³-hybridized carbons (Fsp3) is 0.333. The largest absolute Gasteiger partial charge is 0.496 e. The van der Waals surface area contributed by atoms with Crippen LogP contribution >= 0.6 is 11.6 Å². The molecule has 2 amide bonds. The Bertz CT molecular complexity index is 657. The quantitative estimate of drug-likeness (QED) is 0.918. The van der Waals surface area contributed by atoms with Gasteiger partial charge in [0.05, 0.1) is 13.7 Å². The van der Waals surface area contributed by atoms with Crippen molar-refractivity contribution in [2.45, 2.75) is 20.0 Å². The lowest BCUT2D eigenvalue weighted by Crippen LogP contribution is -2.36. The molecule has 1 heterocycles. The smallest absolute Gasteiger partial charge is 0.317 e. The van der Waals surface area contributed by atoms with Gasteiger partial charge in [0.1, 0.15) is 17.2 Å². The van der Waals surface area contributed by atoms with E-state index in [1.54, 1.807) is 38.4 Å². The van der Waals surface area contributed by atoms with Crippen LogP contribution in [0.25, 0.3) is 0 Å². The molecule has 0 spiro atoms. The van der Waals surface area contributed by atoms with Gasteiger partial charge in [-0.1, -0.05) is 16.8 Å². The number of methoxy groups -OCH3 is 1. The molecule has 0 aliphatic rings. The molecule has 0 bridgehead atoms. The van der Waals surface area contributed by atoms with Crippen molar-refractivity contribution in [2.75, 3.05) is 14.2 Å². The number of hydrogen-bond acceptors (Lipinski definition) is 4. The van der Waals surface area contributed by atoms with Gasteiger partial charge in [-0.05, 0) is 25.1 Å². The first kappa shape index (κ1) is 16.2. The maximum Gasteiger partial charge on any atom is 0.317 e. The van der Waals surface area contributed by atoms with Crippen LogP contribution in [0.5, 0.6) is 5.75 Å². The van der Waals surface area contributed by atoms with Gasteiger partial charge in [-0.3, -0.25) is 0 Å². The normalized spacial score (nSPS) is 10.4. The number of benzene rings is 1. The third kappa shape index (κ3) is 4.14. The summed E-state index contributed by atoms with van der Waals surface area (Å²) >= 11 is 5.96. The van der Waals surface area contributed by atoms with Gasteiger partial charge in [0.25, 0.3) is 0 Å². The maximum atomic E-state index is 12.1. The van der Waals surface area contributed by atoms with Gasteiger partial charge in [0.2, 0.25) is 0 Å². The van der Waals surface area contributed by atoms with Gasteiger partial charge in [0, 0.05) is 30.2 Å². The monoisotopic (exact) mass is 323 g/mol. The minimum Gasteiger partial charge on any atom is -0.496 e. The Morgan fingerprint density at radius 1 is 1.45 bits per heavy atom. The van der Waals surface area contributed by atoms with Crippen molar-refractivity contribution in [2.24, 2.45) is 0 Å². The highest BCUT2D eigenvalue weighted by Crippen LogP contribution is 2.22. The van der Waals surface area contributed by atoms with E-state index < -0.39 is 0 Å². The summed E-state index contributed by atoms with van der Waals surface area (Å²) < 4.78 is 10.2. The van der Waals surface area contributed by atoms with Gasteiger partial charge in [0.15, 0.2) is 0 Å². The molecule has 1 N–H and O–H groups in total. The molecule has 0 saturated heterocycles. The number of urea groups is 1. The minimum atomic E-state index is -0.220. The van der Waals surface area contributed by atoms with Gasteiger partial charge in [-0.2, -0.15) is 0 Å². The number of carbonyl (C=O) groups excluding carboxylic acids is 1. The first-order valence-corrected chi connectivity index (χ1v) is 7.11. The van der Waals surface area contributed by atoms with Crippen LogP contribution in [0.2, 0.25) is 5.02 Å². The zero-order valence-corrected chi connectivity index (χ0v) is 13.5. The molecule has 22 heavy (non-hydrogen) atoms. The Balaban J connectivity index is 1.93. The molecule has 1 aromatic carbocycles. The highest BCUT2D eigenvalue weighted by molar-refractivity contribution is 6.30. The van der Waals surface area contributed by atoms with Gasteiger partial charge < -0.3 is 19.5 Å². The van der Waals surface area contributed by atoms with Crippen LogP contribution in [0.15, 0.2) is 28.8 Å². The minimum absolute atomic E-state index is 0.220. The summed E-state index contributed by atoms with van der Waals surface area (Å²) in [6, 6.07) is 6.85. The molecular formula is C15H18ClN3O3. The maximum absolute atomic E-state index is 12.1. The molecule has 2 rings (SSSR count). The van der Waals surface area contributed by atoms with E-state index in [1.807, 2.05) is 6.92 Å². The lowest BCUT2D eigenvalue weighted by molar-refractivity contribution is 0.205. The van der Waals surface area contributed by atoms with Crippen LogP contribution in [0.3, 0.4) is 0 Å². The number of aryl methyl sites for hydroxylation is 1. The van der Waals surface area contributed by atoms with Crippen molar-refractivity contribution in [1.82, 2.24) is 15.4 Å². The van der Waals surface area contributed by atoms with Crippen molar-refractivity contribution < 1.29 is 14.1 Å². The zero-order valence-electron chi connectivity index (χ0n) is 12.7. The second-order valence-corrected chi connectivity index (χ2v) is 5.34. The SMILES string of the molecule is COc1ccc(Cl)cc1CNC(=O)N(C)Cc1cc(C)on1. The fourth-order valence-electron chi connectivity index (χ4n) is 2.00. The third-order valence-electron chi connectivity index (χ3n) is 3.10. The first-order valence-electron chi connectivity index (χ1n) is 6.73. The van der Waals surface area contributed by atoms with Crippen molar-refractivity contribution in [1.29, 1.82) is 0 Å². The van der Waals surface area contributed by atoms with Crippen molar-refractivity contribution in [3.05, 3.63) is 46.3 Å². The van der Waals surface area contributed by atoms with Gasteiger partial charge >= 0.3 is 6.03 Å². The molecule has 0 unspecified atom stereocenters. The van der Waals surface area contributed by atoms with Crippen LogP contribution in [-0.4, -0.2) is 30.2 Å². The summed E-state index contributed by atoms with van der Waals surface area (Å²) in [7, 11) is 3.27. The van der Waals surface area contributed by atoms with Crippen molar-refractivity contribution in [3.63, 3.8) is 0 Å². The zero-order chi connectivity index (χ0) is 16.1. The number of rotatable bonds is 5. The van der Waals surface area contributed by atoms with Crippen molar-refractivity contribution >= 4 is 17.6 Å².